The standard InChI is InChI=1S/C29H27ClN7O5/c1-42-24-6-2-5-21(18-24)33-29(39)35-27(34-28(38)25-19-23(37(40)41)11-12-26(25)30)17-20-7-9-22(10-8-20)36(15-3-13-31)16-4-14-32/h2,5-12,17-19,40H,3-4,15-16H2,1H3,(H,34,38)(H2,33,35,39)/q-1/b27-17-. The van der Waals surface area contributed by atoms with E-state index >= 15 is 0 Å². The number of amides is 3. The molecular weight excluding hydrogens is 562 g/mol. The third kappa shape index (κ3) is 9.15. The lowest BCUT2D eigenvalue weighted by molar-refractivity contribution is 0.0964. The fourth-order valence-electron chi connectivity index (χ4n) is 3.77. The summed E-state index contributed by atoms with van der Waals surface area (Å²) < 4.78 is 5.17. The SMILES string of the molecule is COc1cccc(NC(=O)N/C(=C\c2ccc(N(CCC#N)CCC#N)cc2)NC(=O)c2cc(N([O-])O)ccc2Cl)c1. The van der Waals surface area contributed by atoms with E-state index < -0.39 is 17.2 Å². The summed E-state index contributed by atoms with van der Waals surface area (Å²) in [4.78, 5) is 27.9. The minimum Gasteiger partial charge on any atom is -0.733 e. The monoisotopic (exact) mass is 588 g/mol. The van der Waals surface area contributed by atoms with Crippen molar-refractivity contribution >= 4 is 46.7 Å². The molecule has 0 aliphatic rings. The quantitative estimate of drug-likeness (QED) is 0.206. The van der Waals surface area contributed by atoms with E-state index in [0.717, 1.165) is 11.8 Å². The topological polar surface area (TPSA) is 177 Å². The summed E-state index contributed by atoms with van der Waals surface area (Å²) in [7, 11) is 1.50. The van der Waals surface area contributed by atoms with Gasteiger partial charge in [0.15, 0.2) is 0 Å². The number of hydrogen-bond donors (Lipinski definition) is 4. The first-order chi connectivity index (χ1) is 20.2. The largest absolute Gasteiger partial charge is 0.733 e. The Balaban J connectivity index is 1.89. The molecule has 3 aromatic carbocycles. The average molecular weight is 589 g/mol. The van der Waals surface area contributed by atoms with Crippen LogP contribution in [0.3, 0.4) is 0 Å². The van der Waals surface area contributed by atoms with E-state index in [-0.39, 0.29) is 22.1 Å². The molecule has 3 rings (SSSR count). The number of anilines is 3. The molecule has 42 heavy (non-hydrogen) atoms. The zero-order valence-electron chi connectivity index (χ0n) is 22.5. The van der Waals surface area contributed by atoms with Crippen LogP contribution in [0.1, 0.15) is 28.8 Å². The van der Waals surface area contributed by atoms with Gasteiger partial charge < -0.3 is 30.7 Å². The summed E-state index contributed by atoms with van der Waals surface area (Å²) in [5, 5.41) is 45.9. The molecule has 0 saturated heterocycles. The van der Waals surface area contributed by atoms with Crippen LogP contribution in [-0.2, 0) is 0 Å². The van der Waals surface area contributed by atoms with Gasteiger partial charge in [0.25, 0.3) is 5.91 Å². The molecule has 4 N–H and O–H groups in total. The molecule has 0 atom stereocenters. The maximum Gasteiger partial charge on any atom is 0.324 e. The van der Waals surface area contributed by atoms with Gasteiger partial charge in [-0.15, -0.1) is 0 Å². The Morgan fingerprint density at radius 2 is 1.67 bits per heavy atom. The fourth-order valence-corrected chi connectivity index (χ4v) is 3.98. The van der Waals surface area contributed by atoms with Gasteiger partial charge in [-0.3, -0.25) is 15.3 Å². The van der Waals surface area contributed by atoms with Gasteiger partial charge in [-0.2, -0.15) is 10.5 Å². The summed E-state index contributed by atoms with van der Waals surface area (Å²) in [5.74, 6) is -0.253. The molecule has 0 saturated carbocycles. The Bertz CT molecular complexity index is 1500. The number of rotatable bonds is 12. The molecule has 0 aromatic heterocycles. The van der Waals surface area contributed by atoms with Crippen LogP contribution in [-0.4, -0.2) is 37.3 Å². The van der Waals surface area contributed by atoms with Crippen molar-refractivity contribution in [3.05, 3.63) is 93.9 Å². The number of urea groups is 1. The molecule has 0 aliphatic carbocycles. The van der Waals surface area contributed by atoms with Crippen molar-refractivity contribution in [2.24, 2.45) is 0 Å². The number of benzene rings is 3. The molecule has 13 heteroatoms. The van der Waals surface area contributed by atoms with Crippen molar-refractivity contribution in [2.75, 3.05) is 35.6 Å². The van der Waals surface area contributed by atoms with Crippen molar-refractivity contribution < 1.29 is 19.5 Å². The highest BCUT2D eigenvalue weighted by atomic mass is 35.5. The fraction of sp³-hybridized carbons (Fsp3) is 0.172. The van der Waals surface area contributed by atoms with Crippen LogP contribution in [0.2, 0.25) is 5.02 Å². The summed E-state index contributed by atoms with van der Waals surface area (Å²) in [5.41, 5.74) is 1.49. The zero-order valence-corrected chi connectivity index (χ0v) is 23.3. The Hall–Kier alpha value is -5.27. The second-order valence-corrected chi connectivity index (χ2v) is 9.06. The van der Waals surface area contributed by atoms with E-state index in [2.05, 4.69) is 28.1 Å². The van der Waals surface area contributed by atoms with Gasteiger partial charge in [-0.25, -0.2) is 4.79 Å². The van der Waals surface area contributed by atoms with Crippen LogP contribution >= 0.6 is 11.6 Å². The van der Waals surface area contributed by atoms with Gasteiger partial charge in [0, 0.05) is 30.5 Å². The van der Waals surface area contributed by atoms with Crippen molar-refractivity contribution in [1.82, 2.24) is 10.6 Å². The number of methoxy groups -OCH3 is 1. The number of ether oxygens (including phenoxy) is 1. The van der Waals surface area contributed by atoms with Crippen molar-refractivity contribution in [3.63, 3.8) is 0 Å². The number of carbonyl (C=O) groups is 2. The normalized spacial score (nSPS) is 10.6. The molecule has 0 unspecified atom stereocenters. The Labute approximate surface area is 247 Å². The van der Waals surface area contributed by atoms with E-state index in [0.29, 0.717) is 42.9 Å². The predicted molar refractivity (Wildman–Crippen MR) is 159 cm³/mol. The maximum atomic E-state index is 13.1. The Morgan fingerprint density at radius 3 is 2.29 bits per heavy atom. The van der Waals surface area contributed by atoms with Crippen LogP contribution < -0.4 is 30.8 Å². The number of nitriles is 2. The van der Waals surface area contributed by atoms with Gasteiger partial charge in [-0.05, 0) is 54.1 Å². The smallest absolute Gasteiger partial charge is 0.324 e. The lowest BCUT2D eigenvalue weighted by Crippen LogP contribution is -2.37. The van der Waals surface area contributed by atoms with Crippen molar-refractivity contribution in [2.45, 2.75) is 12.8 Å². The third-order valence-electron chi connectivity index (χ3n) is 5.80. The van der Waals surface area contributed by atoms with Crippen molar-refractivity contribution in [1.29, 1.82) is 10.5 Å². The molecular formula is C29H27ClN7O5-. The summed E-state index contributed by atoms with van der Waals surface area (Å²) in [6.07, 6.45) is 2.09. The number of carbonyl (C=O) groups excluding carboxylic acids is 2. The van der Waals surface area contributed by atoms with E-state index in [4.69, 9.17) is 26.9 Å². The first-order valence-corrected chi connectivity index (χ1v) is 12.9. The predicted octanol–water partition coefficient (Wildman–Crippen LogP) is 5.23. The highest BCUT2D eigenvalue weighted by molar-refractivity contribution is 6.34. The molecule has 0 aliphatic heterocycles. The molecule has 0 bridgehead atoms. The first kappa shape index (κ1) is 31.3. The summed E-state index contributed by atoms with van der Waals surface area (Å²) in [6, 6.07) is 20.9. The number of hydrogen-bond acceptors (Lipinski definition) is 9. The van der Waals surface area contributed by atoms with Crippen LogP contribution in [0, 0.1) is 27.9 Å². The molecule has 0 spiro atoms. The highest BCUT2D eigenvalue weighted by Gasteiger charge is 2.16. The van der Waals surface area contributed by atoms with E-state index in [1.165, 1.54) is 25.3 Å². The molecule has 12 nitrogen and oxygen atoms in total. The van der Waals surface area contributed by atoms with Crippen LogP contribution in [0.15, 0.2) is 72.6 Å². The lowest BCUT2D eigenvalue weighted by Gasteiger charge is -2.23. The minimum atomic E-state index is -0.757. The molecule has 3 aromatic rings. The van der Waals surface area contributed by atoms with Gasteiger partial charge in [0.05, 0.1) is 48.4 Å². The zero-order chi connectivity index (χ0) is 30.5. The van der Waals surface area contributed by atoms with Crippen LogP contribution in [0.25, 0.3) is 6.08 Å². The van der Waals surface area contributed by atoms with Gasteiger partial charge in [-0.1, -0.05) is 29.8 Å². The minimum absolute atomic E-state index is 0.0115. The number of nitrogens with one attached hydrogen (secondary N) is 3. The van der Waals surface area contributed by atoms with Gasteiger partial charge in [0.1, 0.15) is 11.6 Å². The van der Waals surface area contributed by atoms with Gasteiger partial charge >= 0.3 is 6.03 Å². The second-order valence-electron chi connectivity index (χ2n) is 8.66. The molecule has 3 amide bonds. The van der Waals surface area contributed by atoms with Crippen molar-refractivity contribution in [3.8, 4) is 17.9 Å². The van der Waals surface area contributed by atoms with E-state index in [9.17, 15) is 20.0 Å². The molecule has 216 valence electrons. The Kier molecular flexibility index (Phi) is 11.5. The van der Waals surface area contributed by atoms with E-state index in [1.54, 1.807) is 48.5 Å². The third-order valence-corrected chi connectivity index (χ3v) is 6.13. The summed E-state index contributed by atoms with van der Waals surface area (Å²) in [6.45, 7) is 0.907. The second kappa shape index (κ2) is 15.5. The number of nitrogens with zero attached hydrogens (tertiary/aromatic N) is 4. The number of halogens is 1. The average Bonchev–Trinajstić information content (AvgIpc) is 2.97. The van der Waals surface area contributed by atoms with Crippen LogP contribution in [0.4, 0.5) is 21.9 Å². The molecule has 0 fully saturated rings. The van der Waals surface area contributed by atoms with Crippen LogP contribution in [0.5, 0.6) is 5.75 Å². The molecule has 0 heterocycles. The van der Waals surface area contributed by atoms with E-state index in [1.807, 2.05) is 4.90 Å². The molecule has 0 radical (unpaired) electrons. The highest BCUT2D eigenvalue weighted by Crippen LogP contribution is 2.23. The Morgan fingerprint density at radius 1 is 1.00 bits per heavy atom. The van der Waals surface area contributed by atoms with Gasteiger partial charge in [0.2, 0.25) is 0 Å². The first-order valence-electron chi connectivity index (χ1n) is 12.5. The lowest BCUT2D eigenvalue weighted by atomic mass is 10.1. The maximum absolute atomic E-state index is 13.1. The summed E-state index contributed by atoms with van der Waals surface area (Å²) >= 11 is 6.16.